The number of sulfone groups is 1. The molecule has 6 nitrogen and oxygen atoms in total. The van der Waals surface area contributed by atoms with E-state index in [2.05, 4.69) is 5.32 Å². The van der Waals surface area contributed by atoms with Gasteiger partial charge in [-0.25, -0.2) is 8.42 Å². The molecule has 0 aliphatic rings. The molecule has 0 rings (SSSR count). The average Bonchev–Trinajstić information content (AvgIpc) is 2.25. The number of hydrogen-bond donors (Lipinski definition) is 4. The van der Waals surface area contributed by atoms with Crippen LogP contribution in [0.15, 0.2) is 0 Å². The van der Waals surface area contributed by atoms with Crippen LogP contribution in [-0.4, -0.2) is 67.1 Å². The van der Waals surface area contributed by atoms with Gasteiger partial charge in [0.05, 0.1) is 31.1 Å². The molecular formula is C8H19NO5S. The maximum Gasteiger partial charge on any atom is 0.151 e. The quantitative estimate of drug-likeness (QED) is 0.382. The predicted molar refractivity (Wildman–Crippen MR) is 56.3 cm³/mol. The van der Waals surface area contributed by atoms with Gasteiger partial charge in [-0.15, -0.1) is 0 Å². The van der Waals surface area contributed by atoms with E-state index in [-0.39, 0.29) is 18.1 Å². The standard InChI is InChI=1S/C8H19NO5S/c1-2-15(13,14)4-3-9-8(5-10,6-11)7-12/h9-12H,2-7H2,1H3. The number of rotatable bonds is 8. The first-order valence-corrected chi connectivity index (χ1v) is 6.55. The van der Waals surface area contributed by atoms with Gasteiger partial charge in [-0.1, -0.05) is 6.92 Å². The number of hydrogen-bond acceptors (Lipinski definition) is 6. The normalized spacial score (nSPS) is 13.1. The molecule has 0 spiro atoms. The molecule has 7 heteroatoms. The van der Waals surface area contributed by atoms with Crippen molar-refractivity contribution in [3.63, 3.8) is 0 Å². The molecule has 0 saturated carbocycles. The van der Waals surface area contributed by atoms with Crippen molar-refractivity contribution < 1.29 is 23.7 Å². The minimum Gasteiger partial charge on any atom is -0.394 e. The van der Waals surface area contributed by atoms with Crippen molar-refractivity contribution in [2.45, 2.75) is 12.5 Å². The zero-order valence-electron chi connectivity index (χ0n) is 8.81. The fourth-order valence-electron chi connectivity index (χ4n) is 0.934. The molecule has 0 aromatic rings. The minimum atomic E-state index is -3.07. The predicted octanol–water partition coefficient (Wildman–Crippen LogP) is -2.27. The Morgan fingerprint density at radius 3 is 1.93 bits per heavy atom. The maximum absolute atomic E-state index is 11.1. The molecule has 15 heavy (non-hydrogen) atoms. The van der Waals surface area contributed by atoms with Crippen LogP contribution in [-0.2, 0) is 9.84 Å². The highest BCUT2D eigenvalue weighted by molar-refractivity contribution is 7.91. The highest BCUT2D eigenvalue weighted by Gasteiger charge is 2.27. The van der Waals surface area contributed by atoms with E-state index in [1.807, 2.05) is 0 Å². The van der Waals surface area contributed by atoms with Crippen molar-refractivity contribution in [3.05, 3.63) is 0 Å². The van der Waals surface area contributed by atoms with E-state index >= 15 is 0 Å². The molecule has 0 aromatic carbocycles. The number of aliphatic hydroxyl groups is 3. The van der Waals surface area contributed by atoms with Crippen LogP contribution in [0.3, 0.4) is 0 Å². The zero-order chi connectivity index (χ0) is 11.9. The molecule has 0 aliphatic carbocycles. The third-order valence-electron chi connectivity index (χ3n) is 2.26. The van der Waals surface area contributed by atoms with Gasteiger partial charge in [-0.3, -0.25) is 0 Å². The molecule has 0 radical (unpaired) electrons. The van der Waals surface area contributed by atoms with Gasteiger partial charge < -0.3 is 20.6 Å². The summed E-state index contributed by atoms with van der Waals surface area (Å²) in [5, 5.41) is 29.4. The van der Waals surface area contributed by atoms with Crippen LogP contribution in [0, 0.1) is 0 Å². The van der Waals surface area contributed by atoms with Crippen molar-refractivity contribution in [2.75, 3.05) is 37.9 Å². The van der Waals surface area contributed by atoms with Crippen LogP contribution in [0.5, 0.6) is 0 Å². The van der Waals surface area contributed by atoms with Gasteiger partial charge in [0.25, 0.3) is 0 Å². The number of nitrogens with one attached hydrogen (secondary N) is 1. The summed E-state index contributed by atoms with van der Waals surface area (Å²) in [7, 11) is -3.07. The van der Waals surface area contributed by atoms with Crippen molar-refractivity contribution in [3.8, 4) is 0 Å². The molecule has 0 aliphatic heterocycles. The third kappa shape index (κ3) is 4.89. The second-order valence-corrected chi connectivity index (χ2v) is 5.89. The van der Waals surface area contributed by atoms with Crippen LogP contribution < -0.4 is 5.32 Å². The lowest BCUT2D eigenvalue weighted by atomic mass is 10.0. The van der Waals surface area contributed by atoms with Crippen molar-refractivity contribution in [2.24, 2.45) is 0 Å². The van der Waals surface area contributed by atoms with E-state index in [1.165, 1.54) is 0 Å². The minimum absolute atomic E-state index is 0.0546. The molecular weight excluding hydrogens is 222 g/mol. The van der Waals surface area contributed by atoms with Gasteiger partial charge in [0.15, 0.2) is 9.84 Å². The highest BCUT2D eigenvalue weighted by atomic mass is 32.2. The average molecular weight is 241 g/mol. The molecule has 0 aromatic heterocycles. The monoisotopic (exact) mass is 241 g/mol. The van der Waals surface area contributed by atoms with E-state index < -0.39 is 35.2 Å². The first kappa shape index (κ1) is 14.8. The molecule has 0 bridgehead atoms. The molecule has 92 valence electrons. The lowest BCUT2D eigenvalue weighted by Crippen LogP contribution is -2.55. The summed E-state index contributed by atoms with van der Waals surface area (Å²) in [5.41, 5.74) is -1.21. The van der Waals surface area contributed by atoms with Crippen molar-refractivity contribution in [1.82, 2.24) is 5.32 Å². The Bertz CT molecular complexity index is 252. The first-order valence-electron chi connectivity index (χ1n) is 4.73. The Kier molecular flexibility index (Phi) is 6.30. The summed E-state index contributed by atoms with van der Waals surface area (Å²) >= 11 is 0. The lowest BCUT2D eigenvalue weighted by Gasteiger charge is -2.28. The first-order chi connectivity index (χ1) is 6.95. The van der Waals surface area contributed by atoms with Crippen LogP contribution in [0.4, 0.5) is 0 Å². The van der Waals surface area contributed by atoms with E-state index in [9.17, 15) is 8.42 Å². The largest absolute Gasteiger partial charge is 0.394 e. The van der Waals surface area contributed by atoms with E-state index in [4.69, 9.17) is 15.3 Å². The second kappa shape index (κ2) is 6.39. The molecule has 0 saturated heterocycles. The molecule has 0 amide bonds. The highest BCUT2D eigenvalue weighted by Crippen LogP contribution is 2.01. The molecule has 0 unspecified atom stereocenters. The Hall–Kier alpha value is -0.210. The molecule has 0 atom stereocenters. The fourth-order valence-corrected chi connectivity index (χ4v) is 1.64. The van der Waals surface area contributed by atoms with Gasteiger partial charge >= 0.3 is 0 Å². The van der Waals surface area contributed by atoms with E-state index in [0.29, 0.717) is 0 Å². The topological polar surface area (TPSA) is 107 Å². The van der Waals surface area contributed by atoms with Crippen LogP contribution in [0.2, 0.25) is 0 Å². The summed E-state index contributed by atoms with van der Waals surface area (Å²) in [6.07, 6.45) is 0. The third-order valence-corrected chi connectivity index (χ3v) is 3.97. The van der Waals surface area contributed by atoms with Gasteiger partial charge in [0.2, 0.25) is 0 Å². The van der Waals surface area contributed by atoms with Gasteiger partial charge in [-0.2, -0.15) is 0 Å². The van der Waals surface area contributed by atoms with Gasteiger partial charge in [0, 0.05) is 12.3 Å². The maximum atomic E-state index is 11.1. The number of aliphatic hydroxyl groups excluding tert-OH is 3. The summed E-state index contributed by atoms with van der Waals surface area (Å²) < 4.78 is 22.2. The fraction of sp³-hybridized carbons (Fsp3) is 1.00. The smallest absolute Gasteiger partial charge is 0.151 e. The second-order valence-electron chi connectivity index (χ2n) is 3.42. The van der Waals surface area contributed by atoms with Crippen LogP contribution in [0.25, 0.3) is 0 Å². The SMILES string of the molecule is CCS(=O)(=O)CCNC(CO)(CO)CO. The summed E-state index contributed by atoms with van der Waals surface area (Å²) in [4.78, 5) is 0. The molecule has 4 N–H and O–H groups in total. The van der Waals surface area contributed by atoms with Crippen molar-refractivity contribution >= 4 is 9.84 Å². The Labute approximate surface area is 89.9 Å². The Balaban J connectivity index is 4.13. The lowest BCUT2D eigenvalue weighted by molar-refractivity contribution is 0.0440. The molecule has 0 fully saturated rings. The van der Waals surface area contributed by atoms with Crippen LogP contribution >= 0.6 is 0 Å². The Morgan fingerprint density at radius 1 is 1.13 bits per heavy atom. The summed E-state index contributed by atoms with van der Waals surface area (Å²) in [6.45, 7) is 0.287. The van der Waals surface area contributed by atoms with E-state index in [0.717, 1.165) is 0 Å². The Morgan fingerprint density at radius 2 is 1.60 bits per heavy atom. The zero-order valence-corrected chi connectivity index (χ0v) is 9.63. The van der Waals surface area contributed by atoms with Gasteiger partial charge in [-0.05, 0) is 0 Å². The van der Waals surface area contributed by atoms with Crippen molar-refractivity contribution in [1.29, 1.82) is 0 Å². The summed E-state index contributed by atoms with van der Waals surface area (Å²) in [5.74, 6) is -0.0235. The van der Waals surface area contributed by atoms with Gasteiger partial charge in [0.1, 0.15) is 0 Å². The van der Waals surface area contributed by atoms with Crippen LogP contribution in [0.1, 0.15) is 6.92 Å². The summed E-state index contributed by atoms with van der Waals surface area (Å²) in [6, 6.07) is 0. The van der Waals surface area contributed by atoms with E-state index in [1.54, 1.807) is 6.92 Å². The molecule has 0 heterocycles.